The minimum Gasteiger partial charge on any atom is -0.250 e. The smallest absolute Gasteiger partial charge is 0.109 e. The standard InChI is InChI=1S/C6H10FN3.C4H10.C4H6.CH4/c1-2-6-5-10(4-3-7)9-8-6;2*1-3-4-2;/h5H,2-4H2,1H3;3-4H2,1-2H3;1H,4H2,2H3;1H4. The molecule has 112 valence electrons. The van der Waals surface area contributed by atoms with E-state index in [1.807, 2.05) is 13.8 Å². The molecule has 0 aliphatic rings. The quantitative estimate of drug-likeness (QED) is 0.765. The zero-order valence-electron chi connectivity index (χ0n) is 12.1. The third kappa shape index (κ3) is 16.6. The molecule has 1 aromatic heterocycles. The van der Waals surface area contributed by atoms with E-state index in [0.717, 1.165) is 18.5 Å². The molecule has 0 N–H and O–H groups in total. The van der Waals surface area contributed by atoms with Crippen molar-refractivity contribution in [2.45, 2.75) is 67.3 Å². The third-order valence-electron chi connectivity index (χ3n) is 1.97. The van der Waals surface area contributed by atoms with Gasteiger partial charge in [-0.2, -0.15) is 0 Å². The third-order valence-corrected chi connectivity index (χ3v) is 1.97. The van der Waals surface area contributed by atoms with Gasteiger partial charge in [-0.3, -0.25) is 0 Å². The maximum absolute atomic E-state index is 11.7. The number of hydrogen-bond acceptors (Lipinski definition) is 2. The van der Waals surface area contributed by atoms with E-state index in [2.05, 4.69) is 30.1 Å². The van der Waals surface area contributed by atoms with Crippen molar-refractivity contribution in [2.24, 2.45) is 0 Å². The topological polar surface area (TPSA) is 30.7 Å². The van der Waals surface area contributed by atoms with E-state index < -0.39 is 0 Å². The SMILES string of the molecule is C.C#CCC.CCCC.CCc1cn(CCF)nn1. The molecule has 0 radical (unpaired) electrons. The molecule has 19 heavy (non-hydrogen) atoms. The molecule has 0 atom stereocenters. The second-order valence-electron chi connectivity index (χ2n) is 3.57. The van der Waals surface area contributed by atoms with Gasteiger partial charge in [0.2, 0.25) is 0 Å². The summed E-state index contributed by atoms with van der Waals surface area (Å²) in [5.74, 6) is 2.43. The number of unbranched alkanes of at least 4 members (excludes halogenated alkanes) is 1. The molecule has 0 spiro atoms. The molecule has 0 saturated carbocycles. The number of terminal acetylenes is 1. The molecule has 0 amide bonds. The predicted molar refractivity (Wildman–Crippen MR) is 81.8 cm³/mol. The van der Waals surface area contributed by atoms with Crippen molar-refractivity contribution in [1.29, 1.82) is 0 Å². The highest BCUT2D eigenvalue weighted by atomic mass is 19.1. The second-order valence-corrected chi connectivity index (χ2v) is 3.57. The number of halogens is 1. The number of alkyl halides is 1. The Labute approximate surface area is 118 Å². The zero-order valence-corrected chi connectivity index (χ0v) is 12.1. The van der Waals surface area contributed by atoms with Gasteiger partial charge >= 0.3 is 0 Å². The van der Waals surface area contributed by atoms with Crippen molar-refractivity contribution < 1.29 is 4.39 Å². The van der Waals surface area contributed by atoms with Crippen molar-refractivity contribution in [3.63, 3.8) is 0 Å². The Hall–Kier alpha value is -1.37. The van der Waals surface area contributed by atoms with Crippen LogP contribution in [0.4, 0.5) is 4.39 Å². The summed E-state index contributed by atoms with van der Waals surface area (Å²) in [5, 5.41) is 7.50. The highest BCUT2D eigenvalue weighted by Crippen LogP contribution is 1.92. The fraction of sp³-hybridized carbons (Fsp3) is 0.733. The highest BCUT2D eigenvalue weighted by molar-refractivity contribution is 4.90. The fourth-order valence-electron chi connectivity index (χ4n) is 0.696. The van der Waals surface area contributed by atoms with Crippen molar-refractivity contribution in [3.8, 4) is 12.3 Å². The Morgan fingerprint density at radius 2 is 1.79 bits per heavy atom. The van der Waals surface area contributed by atoms with Crippen molar-refractivity contribution in [2.75, 3.05) is 6.67 Å². The van der Waals surface area contributed by atoms with Crippen LogP contribution in [-0.4, -0.2) is 21.7 Å². The Morgan fingerprint density at radius 1 is 1.26 bits per heavy atom. The van der Waals surface area contributed by atoms with Crippen LogP contribution in [0.1, 0.15) is 60.1 Å². The van der Waals surface area contributed by atoms with Crippen LogP contribution in [-0.2, 0) is 13.0 Å². The average Bonchev–Trinajstić information content (AvgIpc) is 2.87. The normalized spacial score (nSPS) is 8.00. The first-order chi connectivity index (χ1) is 8.69. The van der Waals surface area contributed by atoms with Crippen molar-refractivity contribution >= 4 is 0 Å². The Morgan fingerprint density at radius 3 is 2.05 bits per heavy atom. The molecule has 1 heterocycles. The molecule has 0 fully saturated rings. The van der Waals surface area contributed by atoms with Crippen LogP contribution in [0.25, 0.3) is 0 Å². The summed E-state index contributed by atoms with van der Waals surface area (Å²) >= 11 is 0. The molecular weight excluding hydrogens is 241 g/mol. The van der Waals surface area contributed by atoms with Crippen LogP contribution in [0.3, 0.4) is 0 Å². The van der Waals surface area contributed by atoms with Crippen LogP contribution in [0.15, 0.2) is 6.20 Å². The Balaban J connectivity index is -0.000000242. The summed E-state index contributed by atoms with van der Waals surface area (Å²) < 4.78 is 13.2. The summed E-state index contributed by atoms with van der Waals surface area (Å²) in [5.41, 5.74) is 0.911. The molecular formula is C15H30FN3. The minimum absolute atomic E-state index is 0. The van der Waals surface area contributed by atoms with Gasteiger partial charge in [-0.15, -0.1) is 17.4 Å². The monoisotopic (exact) mass is 271 g/mol. The van der Waals surface area contributed by atoms with Crippen molar-refractivity contribution in [3.05, 3.63) is 11.9 Å². The maximum Gasteiger partial charge on any atom is 0.109 e. The number of aryl methyl sites for hydroxylation is 2. The highest BCUT2D eigenvalue weighted by Gasteiger charge is 1.95. The first-order valence-corrected chi connectivity index (χ1v) is 6.58. The molecule has 1 rings (SSSR count). The lowest BCUT2D eigenvalue weighted by Gasteiger charge is -1.89. The van der Waals surface area contributed by atoms with Crippen LogP contribution >= 0.6 is 0 Å². The van der Waals surface area contributed by atoms with E-state index >= 15 is 0 Å². The Kier molecular flexibility index (Phi) is 22.8. The number of hydrogen-bond donors (Lipinski definition) is 0. The number of rotatable bonds is 4. The molecule has 0 saturated heterocycles. The van der Waals surface area contributed by atoms with Gasteiger partial charge in [0.1, 0.15) is 6.67 Å². The molecule has 3 nitrogen and oxygen atoms in total. The predicted octanol–water partition coefficient (Wildman–Crippen LogP) is 4.28. The summed E-state index contributed by atoms with van der Waals surface area (Å²) in [6, 6.07) is 0. The van der Waals surface area contributed by atoms with Gasteiger partial charge in [-0.05, 0) is 6.42 Å². The largest absolute Gasteiger partial charge is 0.250 e. The molecule has 0 aliphatic heterocycles. The summed E-state index contributed by atoms with van der Waals surface area (Å²) in [4.78, 5) is 0. The van der Waals surface area contributed by atoms with Gasteiger partial charge in [-0.1, -0.05) is 53.2 Å². The lowest BCUT2D eigenvalue weighted by Crippen LogP contribution is -1.99. The molecule has 4 heteroatoms. The molecule has 1 aromatic rings. The van der Waals surface area contributed by atoms with Crippen molar-refractivity contribution in [1.82, 2.24) is 15.0 Å². The molecule has 0 aromatic carbocycles. The van der Waals surface area contributed by atoms with E-state index in [-0.39, 0.29) is 14.1 Å². The van der Waals surface area contributed by atoms with E-state index in [1.165, 1.54) is 17.5 Å². The lowest BCUT2D eigenvalue weighted by atomic mass is 10.4. The summed E-state index contributed by atoms with van der Waals surface area (Å²) in [6.07, 6.45) is 10.9. The van der Waals surface area contributed by atoms with Crippen LogP contribution in [0.5, 0.6) is 0 Å². The van der Waals surface area contributed by atoms with E-state index in [1.54, 1.807) is 6.20 Å². The van der Waals surface area contributed by atoms with Gasteiger partial charge in [-0.25, -0.2) is 9.07 Å². The second kappa shape index (κ2) is 19.0. The van der Waals surface area contributed by atoms with Gasteiger partial charge in [0.25, 0.3) is 0 Å². The number of aromatic nitrogens is 3. The zero-order chi connectivity index (χ0) is 14.2. The molecule has 0 bridgehead atoms. The fourth-order valence-corrected chi connectivity index (χ4v) is 0.696. The summed E-state index contributed by atoms with van der Waals surface area (Å²) in [7, 11) is 0. The Bertz CT molecular complexity index is 301. The first kappa shape index (κ1) is 22.8. The lowest BCUT2D eigenvalue weighted by molar-refractivity contribution is 0.422. The van der Waals surface area contributed by atoms with E-state index in [0.29, 0.717) is 6.54 Å². The average molecular weight is 271 g/mol. The first-order valence-electron chi connectivity index (χ1n) is 6.58. The van der Waals surface area contributed by atoms with Crippen LogP contribution < -0.4 is 0 Å². The number of nitrogens with zero attached hydrogens (tertiary/aromatic N) is 3. The van der Waals surface area contributed by atoms with E-state index in [9.17, 15) is 4.39 Å². The van der Waals surface area contributed by atoms with Crippen LogP contribution in [0, 0.1) is 12.3 Å². The molecule has 0 aliphatic carbocycles. The van der Waals surface area contributed by atoms with Crippen LogP contribution in [0.2, 0.25) is 0 Å². The van der Waals surface area contributed by atoms with Gasteiger partial charge in [0, 0.05) is 12.6 Å². The van der Waals surface area contributed by atoms with E-state index in [4.69, 9.17) is 6.42 Å². The summed E-state index contributed by atoms with van der Waals surface area (Å²) in [6.45, 7) is 8.23. The van der Waals surface area contributed by atoms with Gasteiger partial charge < -0.3 is 0 Å². The van der Waals surface area contributed by atoms with Gasteiger partial charge in [0.15, 0.2) is 0 Å². The maximum atomic E-state index is 11.7. The minimum atomic E-state index is -0.382. The van der Waals surface area contributed by atoms with Gasteiger partial charge in [0.05, 0.1) is 12.2 Å². The molecule has 0 unspecified atom stereocenters.